The summed E-state index contributed by atoms with van der Waals surface area (Å²) in [6.45, 7) is 9.50. The van der Waals surface area contributed by atoms with Crippen LogP contribution in [0.5, 0.6) is 17.2 Å². The highest BCUT2D eigenvalue weighted by atomic mass is 16.5. The molecule has 10 heteroatoms. The molecule has 0 spiro atoms. The molecule has 4 rings (SSSR count). The van der Waals surface area contributed by atoms with Crippen LogP contribution in [0, 0.1) is 6.92 Å². The van der Waals surface area contributed by atoms with Crippen LogP contribution in [0.3, 0.4) is 0 Å². The summed E-state index contributed by atoms with van der Waals surface area (Å²) in [5.74, 6) is 1.90. The molecule has 0 aliphatic carbocycles. The zero-order valence-corrected chi connectivity index (χ0v) is 21.6. The number of amides is 3. The SMILES string of the molecule is COc1cc2nccc(Oc3ccc(NC(=O)Nc4cc(C(C)(C)C)[nH]n4)cc3C)c2cc1NC(C)=O. The highest BCUT2D eigenvalue weighted by Crippen LogP contribution is 2.37. The van der Waals surface area contributed by atoms with Crippen molar-refractivity contribution in [3.63, 3.8) is 0 Å². The molecule has 10 nitrogen and oxygen atoms in total. The van der Waals surface area contributed by atoms with E-state index in [4.69, 9.17) is 9.47 Å². The van der Waals surface area contributed by atoms with E-state index in [0.717, 1.165) is 11.3 Å². The normalized spacial score (nSPS) is 11.2. The van der Waals surface area contributed by atoms with E-state index < -0.39 is 6.03 Å². The number of anilines is 3. The number of carbonyl (C=O) groups excluding carboxylic acids is 2. The number of ether oxygens (including phenoxy) is 2. The van der Waals surface area contributed by atoms with E-state index >= 15 is 0 Å². The topological polar surface area (TPSA) is 130 Å². The van der Waals surface area contributed by atoms with Gasteiger partial charge in [-0.25, -0.2) is 4.79 Å². The van der Waals surface area contributed by atoms with Crippen LogP contribution in [-0.4, -0.2) is 34.2 Å². The first kappa shape index (κ1) is 25.5. The Morgan fingerprint density at radius 3 is 2.38 bits per heavy atom. The molecule has 4 N–H and O–H groups in total. The number of nitrogens with one attached hydrogen (secondary N) is 4. The van der Waals surface area contributed by atoms with Crippen molar-refractivity contribution in [1.29, 1.82) is 0 Å². The van der Waals surface area contributed by atoms with E-state index in [1.807, 2.05) is 19.1 Å². The molecule has 0 unspecified atom stereocenters. The minimum atomic E-state index is -0.403. The average molecular weight is 503 g/mol. The molecule has 2 aromatic heterocycles. The highest BCUT2D eigenvalue weighted by molar-refractivity contribution is 5.99. The van der Waals surface area contributed by atoms with Gasteiger partial charge in [0.25, 0.3) is 0 Å². The van der Waals surface area contributed by atoms with Crippen molar-refractivity contribution < 1.29 is 19.1 Å². The van der Waals surface area contributed by atoms with Crippen LogP contribution in [0.2, 0.25) is 0 Å². The molecule has 2 aromatic carbocycles. The number of benzene rings is 2. The third-order valence-electron chi connectivity index (χ3n) is 5.61. The maximum Gasteiger partial charge on any atom is 0.324 e. The molecular formula is C27H30N6O4. The minimum Gasteiger partial charge on any atom is -0.494 e. The number of aryl methyl sites for hydroxylation is 1. The number of methoxy groups -OCH3 is 1. The Kier molecular flexibility index (Phi) is 7.01. The number of aromatic amines is 1. The van der Waals surface area contributed by atoms with Crippen LogP contribution in [0.25, 0.3) is 10.9 Å². The van der Waals surface area contributed by atoms with Crippen molar-refractivity contribution in [3.05, 3.63) is 59.9 Å². The van der Waals surface area contributed by atoms with Crippen molar-refractivity contribution in [2.75, 3.05) is 23.1 Å². The van der Waals surface area contributed by atoms with E-state index in [2.05, 4.69) is 51.9 Å². The molecule has 37 heavy (non-hydrogen) atoms. The first-order valence-electron chi connectivity index (χ1n) is 11.7. The predicted molar refractivity (Wildman–Crippen MR) is 144 cm³/mol. The van der Waals surface area contributed by atoms with Gasteiger partial charge in [0.2, 0.25) is 5.91 Å². The molecule has 0 radical (unpaired) electrons. The van der Waals surface area contributed by atoms with Crippen molar-refractivity contribution in [2.45, 2.75) is 40.0 Å². The Hall–Kier alpha value is -4.60. The van der Waals surface area contributed by atoms with Gasteiger partial charge in [-0.05, 0) is 42.8 Å². The van der Waals surface area contributed by atoms with E-state index in [-0.39, 0.29) is 11.3 Å². The minimum absolute atomic E-state index is 0.103. The molecule has 0 aliphatic heterocycles. The van der Waals surface area contributed by atoms with E-state index in [1.54, 1.807) is 36.5 Å². The fraction of sp³-hybridized carbons (Fsp3) is 0.259. The van der Waals surface area contributed by atoms with Crippen LogP contribution in [0.15, 0.2) is 48.7 Å². The molecule has 0 saturated heterocycles. The van der Waals surface area contributed by atoms with Crippen LogP contribution < -0.4 is 25.4 Å². The highest BCUT2D eigenvalue weighted by Gasteiger charge is 2.18. The van der Waals surface area contributed by atoms with Crippen molar-refractivity contribution >= 4 is 40.0 Å². The van der Waals surface area contributed by atoms with E-state index in [0.29, 0.717) is 45.3 Å². The van der Waals surface area contributed by atoms with Gasteiger partial charge in [-0.1, -0.05) is 20.8 Å². The summed E-state index contributed by atoms with van der Waals surface area (Å²) in [4.78, 5) is 28.5. The maximum absolute atomic E-state index is 12.5. The van der Waals surface area contributed by atoms with Crippen molar-refractivity contribution in [2.24, 2.45) is 0 Å². The van der Waals surface area contributed by atoms with Crippen molar-refractivity contribution in [1.82, 2.24) is 15.2 Å². The monoisotopic (exact) mass is 502 g/mol. The van der Waals surface area contributed by atoms with Crippen LogP contribution in [0.1, 0.15) is 39.0 Å². The summed E-state index contributed by atoms with van der Waals surface area (Å²) in [7, 11) is 1.53. The zero-order valence-electron chi connectivity index (χ0n) is 21.6. The number of hydrogen-bond donors (Lipinski definition) is 4. The molecular weight excluding hydrogens is 472 g/mol. The number of pyridine rings is 1. The molecule has 3 amide bonds. The van der Waals surface area contributed by atoms with Gasteiger partial charge in [0, 0.05) is 47.4 Å². The van der Waals surface area contributed by atoms with Gasteiger partial charge < -0.3 is 20.1 Å². The lowest BCUT2D eigenvalue weighted by atomic mass is 9.92. The number of H-pyrrole nitrogens is 1. The number of urea groups is 1. The average Bonchev–Trinajstić information content (AvgIpc) is 3.29. The van der Waals surface area contributed by atoms with Gasteiger partial charge in [0.15, 0.2) is 5.82 Å². The summed E-state index contributed by atoms with van der Waals surface area (Å²) in [5.41, 5.74) is 3.41. The smallest absolute Gasteiger partial charge is 0.324 e. The third-order valence-corrected chi connectivity index (χ3v) is 5.61. The van der Waals surface area contributed by atoms with E-state index in [1.165, 1.54) is 14.0 Å². The lowest BCUT2D eigenvalue weighted by Gasteiger charge is -2.15. The first-order chi connectivity index (χ1) is 17.5. The molecule has 0 aliphatic rings. The molecule has 0 fully saturated rings. The lowest BCUT2D eigenvalue weighted by molar-refractivity contribution is -0.114. The number of aromatic nitrogens is 3. The number of nitrogens with zero attached hydrogens (tertiary/aromatic N) is 2. The Morgan fingerprint density at radius 1 is 0.946 bits per heavy atom. The van der Waals surface area contributed by atoms with Crippen molar-refractivity contribution in [3.8, 4) is 17.2 Å². The standard InChI is InChI=1S/C27H30N6O4/c1-15-11-17(30-26(35)31-25-14-24(32-33-25)27(3,4)5)7-8-21(15)37-22-9-10-28-19-13-23(36-6)20(12-18(19)22)29-16(2)34/h7-14H,1-6H3,(H,29,34)(H3,30,31,32,33,35). The number of fused-ring (bicyclic) bond motifs is 1. The second kappa shape index (κ2) is 10.2. The molecule has 0 atom stereocenters. The number of rotatable bonds is 6. The Labute approximate surface area is 214 Å². The quantitative estimate of drug-likeness (QED) is 0.257. The first-order valence-corrected chi connectivity index (χ1v) is 11.7. The van der Waals surface area contributed by atoms with Crippen LogP contribution >= 0.6 is 0 Å². The maximum atomic E-state index is 12.5. The fourth-order valence-electron chi connectivity index (χ4n) is 3.70. The van der Waals surface area contributed by atoms with Crippen LogP contribution in [-0.2, 0) is 10.2 Å². The van der Waals surface area contributed by atoms with Gasteiger partial charge in [0.1, 0.15) is 17.2 Å². The summed E-state index contributed by atoms with van der Waals surface area (Å²) >= 11 is 0. The Balaban J connectivity index is 1.51. The predicted octanol–water partition coefficient (Wildman–Crippen LogP) is 5.97. The largest absolute Gasteiger partial charge is 0.494 e. The third kappa shape index (κ3) is 5.97. The molecule has 0 saturated carbocycles. The van der Waals surface area contributed by atoms with Gasteiger partial charge >= 0.3 is 6.03 Å². The van der Waals surface area contributed by atoms with Gasteiger partial charge in [0.05, 0.1) is 18.3 Å². The lowest BCUT2D eigenvalue weighted by Crippen LogP contribution is -2.19. The van der Waals surface area contributed by atoms with Gasteiger partial charge in [-0.15, -0.1) is 0 Å². The summed E-state index contributed by atoms with van der Waals surface area (Å²) in [5, 5.41) is 16.1. The summed E-state index contributed by atoms with van der Waals surface area (Å²) in [6.07, 6.45) is 1.64. The van der Waals surface area contributed by atoms with Gasteiger partial charge in [-0.2, -0.15) is 5.10 Å². The Bertz CT molecular complexity index is 1470. The molecule has 192 valence electrons. The number of carbonyl (C=O) groups is 2. The summed E-state index contributed by atoms with van der Waals surface area (Å²) < 4.78 is 11.6. The molecule has 4 aromatic rings. The zero-order chi connectivity index (χ0) is 26.7. The molecule has 2 heterocycles. The van der Waals surface area contributed by atoms with Gasteiger partial charge in [-0.3, -0.25) is 20.2 Å². The second-order valence-electron chi connectivity index (χ2n) is 9.64. The Morgan fingerprint density at radius 2 is 1.73 bits per heavy atom. The van der Waals surface area contributed by atoms with E-state index in [9.17, 15) is 9.59 Å². The molecule has 0 bridgehead atoms. The van der Waals surface area contributed by atoms with Crippen LogP contribution in [0.4, 0.5) is 22.0 Å². The number of hydrogen-bond acceptors (Lipinski definition) is 6. The fourth-order valence-corrected chi connectivity index (χ4v) is 3.70. The second-order valence-corrected chi connectivity index (χ2v) is 9.64. The summed E-state index contributed by atoms with van der Waals surface area (Å²) in [6, 6.07) is 12.0.